The summed E-state index contributed by atoms with van der Waals surface area (Å²) in [4.78, 5) is 9.58. The largest absolute Gasteiger partial charge is 0.516 e. The van der Waals surface area contributed by atoms with Crippen LogP contribution >= 0.6 is 0 Å². The smallest absolute Gasteiger partial charge is 0.184 e. The molecule has 0 aliphatic rings. The molecule has 0 fully saturated rings. The van der Waals surface area contributed by atoms with Crippen LogP contribution in [-0.2, 0) is 4.79 Å². The van der Waals surface area contributed by atoms with E-state index in [0.29, 0.717) is 0 Å². The van der Waals surface area contributed by atoms with Crippen molar-refractivity contribution in [2.45, 2.75) is 0 Å². The van der Waals surface area contributed by atoms with Crippen LogP contribution in [0.4, 0.5) is 0 Å². The van der Waals surface area contributed by atoms with Crippen molar-refractivity contribution in [3.05, 3.63) is 24.2 Å². The van der Waals surface area contributed by atoms with Crippen LogP contribution in [0.25, 0.3) is 0 Å². The molecule has 3 nitrogen and oxygen atoms in total. The number of aliphatic hydroxyl groups excluding tert-OH is 2. The average Bonchev–Trinajstić information content (AvgIpc) is 1.83. The minimum absolute atomic E-state index is 0.278. The maximum atomic E-state index is 9.58. The third-order valence-electron chi connectivity index (χ3n) is 0.474. The Morgan fingerprint density at radius 3 is 2.50 bits per heavy atom. The summed E-state index contributed by atoms with van der Waals surface area (Å²) in [5.74, 6) is -0.407. The van der Waals surface area contributed by atoms with Crippen LogP contribution in [0.2, 0.25) is 0 Å². The molecule has 44 valence electrons. The molecule has 0 aromatic carbocycles. The van der Waals surface area contributed by atoms with Crippen molar-refractivity contribution in [1.29, 1.82) is 0 Å². The predicted molar refractivity (Wildman–Crippen MR) is 28.5 cm³/mol. The first-order chi connectivity index (χ1) is 3.81. The fraction of sp³-hybridized carbons (Fsp3) is 0. The van der Waals surface area contributed by atoms with E-state index in [9.17, 15) is 4.79 Å². The summed E-state index contributed by atoms with van der Waals surface area (Å²) in [6.45, 7) is 0. The summed E-state index contributed by atoms with van der Waals surface area (Å²) >= 11 is 0. The molecule has 0 aliphatic heterocycles. The van der Waals surface area contributed by atoms with Gasteiger partial charge in [-0.25, -0.2) is 0 Å². The molecule has 0 unspecified atom stereocenters. The fourth-order valence-corrected chi connectivity index (χ4v) is 0.181. The van der Waals surface area contributed by atoms with Crippen LogP contribution in [0.5, 0.6) is 0 Å². The zero-order valence-corrected chi connectivity index (χ0v) is 4.11. The normalized spacial score (nSPS) is 12.2. The molecule has 8 heavy (non-hydrogen) atoms. The van der Waals surface area contributed by atoms with Crippen LogP contribution < -0.4 is 0 Å². The molecule has 0 heterocycles. The molecule has 0 bridgehead atoms. The highest BCUT2D eigenvalue weighted by Crippen LogP contribution is 1.80. The lowest BCUT2D eigenvalue weighted by Crippen LogP contribution is -1.77. The van der Waals surface area contributed by atoms with Gasteiger partial charge in [-0.15, -0.1) is 0 Å². The van der Waals surface area contributed by atoms with E-state index in [1.54, 1.807) is 0 Å². The molecular formula is C5H6O3. The van der Waals surface area contributed by atoms with Gasteiger partial charge in [0.25, 0.3) is 0 Å². The number of aldehydes is 1. The van der Waals surface area contributed by atoms with Crippen molar-refractivity contribution in [2.24, 2.45) is 0 Å². The van der Waals surface area contributed by atoms with E-state index in [2.05, 4.69) is 0 Å². The molecule has 0 saturated heterocycles. The van der Waals surface area contributed by atoms with Crippen LogP contribution in [0.3, 0.4) is 0 Å². The molecule has 0 rings (SSSR count). The van der Waals surface area contributed by atoms with Gasteiger partial charge in [-0.1, -0.05) is 0 Å². The van der Waals surface area contributed by atoms with Crippen molar-refractivity contribution in [1.82, 2.24) is 0 Å². The highest BCUT2D eigenvalue weighted by atomic mass is 16.3. The number of aliphatic hydroxyl groups is 2. The van der Waals surface area contributed by atoms with Crippen LogP contribution in [0.15, 0.2) is 24.2 Å². The molecular weight excluding hydrogens is 108 g/mol. The van der Waals surface area contributed by atoms with Gasteiger partial charge in [0.1, 0.15) is 0 Å². The van der Waals surface area contributed by atoms with E-state index < -0.39 is 5.76 Å². The zero-order valence-electron chi connectivity index (χ0n) is 4.11. The van der Waals surface area contributed by atoms with Gasteiger partial charge in [-0.05, 0) is 12.2 Å². The summed E-state index contributed by atoms with van der Waals surface area (Å²) in [5.41, 5.74) is 0. The first-order valence-electron chi connectivity index (χ1n) is 1.96. The minimum atomic E-state index is -0.407. The van der Waals surface area contributed by atoms with Gasteiger partial charge < -0.3 is 10.2 Å². The van der Waals surface area contributed by atoms with Gasteiger partial charge >= 0.3 is 0 Å². The summed E-state index contributed by atoms with van der Waals surface area (Å²) in [7, 11) is 0. The highest BCUT2D eigenvalue weighted by Gasteiger charge is 1.79. The zero-order chi connectivity index (χ0) is 6.41. The van der Waals surface area contributed by atoms with Gasteiger partial charge in [0.2, 0.25) is 0 Å². The lowest BCUT2D eigenvalue weighted by molar-refractivity contribution is -0.106. The Balaban J connectivity index is 3.74. The Bertz CT molecular complexity index is 124. The monoisotopic (exact) mass is 114 g/mol. The molecule has 0 aromatic heterocycles. The Morgan fingerprint density at radius 1 is 1.50 bits per heavy atom. The Hall–Kier alpha value is -1.25. The number of carbonyl (C=O) groups is 1. The maximum Gasteiger partial charge on any atom is 0.184 e. The van der Waals surface area contributed by atoms with Gasteiger partial charge in [-0.2, -0.15) is 0 Å². The van der Waals surface area contributed by atoms with Gasteiger partial charge in [0.15, 0.2) is 12.0 Å². The SMILES string of the molecule is O=CC(O)=CC=CO. The molecule has 0 saturated carbocycles. The molecule has 0 radical (unpaired) electrons. The first-order valence-corrected chi connectivity index (χ1v) is 1.96. The third-order valence-corrected chi connectivity index (χ3v) is 0.474. The van der Waals surface area contributed by atoms with Crippen molar-refractivity contribution < 1.29 is 15.0 Å². The van der Waals surface area contributed by atoms with Gasteiger partial charge in [0.05, 0.1) is 6.26 Å². The standard InChI is InChI=1S/C5H6O3/c6-3-1-2-5(8)4-7/h1-4,6,8H. The average molecular weight is 114 g/mol. The second kappa shape index (κ2) is 3.92. The van der Waals surface area contributed by atoms with E-state index >= 15 is 0 Å². The Kier molecular flexibility index (Phi) is 3.31. The van der Waals surface area contributed by atoms with E-state index in [4.69, 9.17) is 10.2 Å². The van der Waals surface area contributed by atoms with Crippen LogP contribution in [0.1, 0.15) is 0 Å². The quantitative estimate of drug-likeness (QED) is 0.240. The van der Waals surface area contributed by atoms with E-state index in [-0.39, 0.29) is 6.29 Å². The number of hydrogen-bond acceptors (Lipinski definition) is 3. The van der Waals surface area contributed by atoms with Crippen molar-refractivity contribution >= 4 is 6.29 Å². The van der Waals surface area contributed by atoms with Crippen LogP contribution in [-0.4, -0.2) is 16.5 Å². The molecule has 0 aliphatic carbocycles. The second-order valence-corrected chi connectivity index (χ2v) is 1.05. The maximum absolute atomic E-state index is 9.58. The van der Waals surface area contributed by atoms with E-state index in [1.807, 2.05) is 0 Å². The summed E-state index contributed by atoms with van der Waals surface area (Å²) < 4.78 is 0. The summed E-state index contributed by atoms with van der Waals surface area (Å²) in [6, 6.07) is 0. The number of hydrogen-bond donors (Lipinski definition) is 2. The predicted octanol–water partition coefficient (Wildman–Crippen LogP) is 0.699. The minimum Gasteiger partial charge on any atom is -0.516 e. The lowest BCUT2D eigenvalue weighted by atomic mass is 10.5. The van der Waals surface area contributed by atoms with Gasteiger partial charge in [0, 0.05) is 0 Å². The lowest BCUT2D eigenvalue weighted by Gasteiger charge is -1.77. The topological polar surface area (TPSA) is 57.5 Å². The van der Waals surface area contributed by atoms with Crippen molar-refractivity contribution in [3.63, 3.8) is 0 Å². The van der Waals surface area contributed by atoms with E-state index in [0.717, 1.165) is 18.4 Å². The molecule has 0 spiro atoms. The Labute approximate surface area is 46.6 Å². The molecule has 0 atom stereocenters. The molecule has 0 aromatic rings. The molecule has 0 amide bonds. The summed E-state index contributed by atoms with van der Waals surface area (Å²) in [6.07, 6.45) is 3.22. The fourth-order valence-electron chi connectivity index (χ4n) is 0.181. The third kappa shape index (κ3) is 2.96. The second-order valence-electron chi connectivity index (χ2n) is 1.05. The first kappa shape index (κ1) is 6.75. The Morgan fingerprint density at radius 2 is 2.12 bits per heavy atom. The molecule has 2 N–H and O–H groups in total. The number of rotatable bonds is 2. The molecule has 3 heteroatoms. The van der Waals surface area contributed by atoms with Crippen LogP contribution in [0, 0.1) is 0 Å². The number of carbonyl (C=O) groups excluding carboxylic acids is 1. The van der Waals surface area contributed by atoms with Crippen molar-refractivity contribution in [2.75, 3.05) is 0 Å². The van der Waals surface area contributed by atoms with E-state index in [1.165, 1.54) is 0 Å². The highest BCUT2D eigenvalue weighted by molar-refractivity contribution is 5.69. The van der Waals surface area contributed by atoms with Crippen molar-refractivity contribution in [3.8, 4) is 0 Å². The number of allylic oxidation sites excluding steroid dienone is 3. The van der Waals surface area contributed by atoms with Gasteiger partial charge in [-0.3, -0.25) is 4.79 Å². The summed E-state index contributed by atoms with van der Waals surface area (Å²) in [5, 5.41) is 16.3.